The SMILES string of the molecule is CCCC[C@H](O)C(=O)OCc1ccccc1. The molecule has 16 heavy (non-hydrogen) atoms. The summed E-state index contributed by atoms with van der Waals surface area (Å²) in [6.07, 6.45) is 1.29. The molecule has 0 unspecified atom stereocenters. The maximum Gasteiger partial charge on any atom is 0.335 e. The molecule has 0 bridgehead atoms. The second-order valence-electron chi connectivity index (χ2n) is 3.75. The third-order valence-corrected chi connectivity index (χ3v) is 2.33. The van der Waals surface area contributed by atoms with Gasteiger partial charge in [-0.05, 0) is 12.0 Å². The highest BCUT2D eigenvalue weighted by Crippen LogP contribution is 2.05. The average molecular weight is 222 g/mol. The number of unbranched alkanes of at least 4 members (excludes halogenated alkanes) is 1. The van der Waals surface area contributed by atoms with Crippen LogP contribution in [0.3, 0.4) is 0 Å². The lowest BCUT2D eigenvalue weighted by molar-refractivity contribution is -0.155. The lowest BCUT2D eigenvalue weighted by Gasteiger charge is -2.09. The predicted octanol–water partition coefficient (Wildman–Crippen LogP) is 2.28. The number of aliphatic hydroxyl groups is 1. The smallest absolute Gasteiger partial charge is 0.335 e. The van der Waals surface area contributed by atoms with Crippen LogP contribution in [0.2, 0.25) is 0 Å². The van der Waals surface area contributed by atoms with Crippen LogP contribution in [0.25, 0.3) is 0 Å². The van der Waals surface area contributed by atoms with Crippen LogP contribution < -0.4 is 0 Å². The molecule has 0 saturated carbocycles. The number of ether oxygens (including phenoxy) is 1. The van der Waals surface area contributed by atoms with Gasteiger partial charge in [-0.25, -0.2) is 4.79 Å². The molecule has 0 spiro atoms. The number of hydrogen-bond acceptors (Lipinski definition) is 3. The molecule has 0 aromatic heterocycles. The van der Waals surface area contributed by atoms with E-state index >= 15 is 0 Å². The van der Waals surface area contributed by atoms with Gasteiger partial charge >= 0.3 is 5.97 Å². The van der Waals surface area contributed by atoms with Gasteiger partial charge in [0.15, 0.2) is 6.10 Å². The van der Waals surface area contributed by atoms with E-state index in [4.69, 9.17) is 4.74 Å². The van der Waals surface area contributed by atoms with Crippen LogP contribution in [0.15, 0.2) is 30.3 Å². The van der Waals surface area contributed by atoms with E-state index in [2.05, 4.69) is 0 Å². The van der Waals surface area contributed by atoms with Gasteiger partial charge in [0.05, 0.1) is 0 Å². The number of rotatable bonds is 6. The summed E-state index contributed by atoms with van der Waals surface area (Å²) in [5.74, 6) is -0.530. The highest BCUT2D eigenvalue weighted by molar-refractivity contribution is 5.74. The van der Waals surface area contributed by atoms with Crippen LogP contribution >= 0.6 is 0 Å². The molecule has 0 aliphatic carbocycles. The van der Waals surface area contributed by atoms with Crippen LogP contribution in [0.1, 0.15) is 31.7 Å². The number of carbonyl (C=O) groups excluding carboxylic acids is 1. The van der Waals surface area contributed by atoms with E-state index in [1.807, 2.05) is 37.3 Å². The zero-order chi connectivity index (χ0) is 11.8. The normalized spacial score (nSPS) is 12.1. The topological polar surface area (TPSA) is 46.5 Å². The summed E-state index contributed by atoms with van der Waals surface area (Å²) in [6.45, 7) is 2.24. The van der Waals surface area contributed by atoms with Crippen molar-refractivity contribution in [3.05, 3.63) is 35.9 Å². The summed E-state index contributed by atoms with van der Waals surface area (Å²) >= 11 is 0. The molecule has 1 atom stereocenters. The summed E-state index contributed by atoms with van der Waals surface area (Å²) < 4.78 is 5.00. The molecule has 3 heteroatoms. The predicted molar refractivity (Wildman–Crippen MR) is 61.8 cm³/mol. The van der Waals surface area contributed by atoms with Gasteiger partial charge in [0, 0.05) is 0 Å². The van der Waals surface area contributed by atoms with Gasteiger partial charge in [0.2, 0.25) is 0 Å². The molecular weight excluding hydrogens is 204 g/mol. The summed E-state index contributed by atoms with van der Waals surface area (Å²) in [4.78, 5) is 11.3. The average Bonchev–Trinajstić information content (AvgIpc) is 2.34. The minimum atomic E-state index is -0.983. The Morgan fingerprint density at radius 1 is 1.38 bits per heavy atom. The molecule has 1 rings (SSSR count). The Bertz CT molecular complexity index is 308. The first-order valence-electron chi connectivity index (χ1n) is 5.62. The summed E-state index contributed by atoms with van der Waals surface area (Å²) in [5.41, 5.74) is 0.929. The van der Waals surface area contributed by atoms with E-state index in [1.54, 1.807) is 0 Å². The minimum Gasteiger partial charge on any atom is -0.459 e. The number of hydrogen-bond donors (Lipinski definition) is 1. The minimum absolute atomic E-state index is 0.225. The lowest BCUT2D eigenvalue weighted by Crippen LogP contribution is -2.22. The lowest BCUT2D eigenvalue weighted by atomic mass is 10.2. The maximum atomic E-state index is 11.3. The van der Waals surface area contributed by atoms with Crippen molar-refractivity contribution in [3.63, 3.8) is 0 Å². The molecule has 0 amide bonds. The first-order chi connectivity index (χ1) is 7.74. The molecular formula is C13H18O3. The Morgan fingerprint density at radius 3 is 2.69 bits per heavy atom. The fourth-order valence-electron chi connectivity index (χ4n) is 1.34. The van der Waals surface area contributed by atoms with Gasteiger partial charge in [-0.15, -0.1) is 0 Å². The monoisotopic (exact) mass is 222 g/mol. The molecule has 3 nitrogen and oxygen atoms in total. The van der Waals surface area contributed by atoms with Crippen molar-refractivity contribution in [2.75, 3.05) is 0 Å². The van der Waals surface area contributed by atoms with Gasteiger partial charge in [-0.1, -0.05) is 50.1 Å². The van der Waals surface area contributed by atoms with Crippen molar-refractivity contribution < 1.29 is 14.6 Å². The van der Waals surface area contributed by atoms with E-state index in [0.717, 1.165) is 18.4 Å². The molecule has 0 heterocycles. The Hall–Kier alpha value is -1.35. The second-order valence-corrected chi connectivity index (χ2v) is 3.75. The molecule has 0 aliphatic rings. The standard InChI is InChI=1S/C13H18O3/c1-2-3-9-12(14)13(15)16-10-11-7-5-4-6-8-11/h4-8,12,14H,2-3,9-10H2,1H3/t12-/m0/s1. The highest BCUT2D eigenvalue weighted by Gasteiger charge is 2.15. The molecule has 88 valence electrons. The van der Waals surface area contributed by atoms with Crippen molar-refractivity contribution in [2.45, 2.75) is 38.9 Å². The van der Waals surface area contributed by atoms with Crippen molar-refractivity contribution in [3.8, 4) is 0 Å². The van der Waals surface area contributed by atoms with E-state index in [9.17, 15) is 9.90 Å². The third kappa shape index (κ3) is 4.45. The van der Waals surface area contributed by atoms with Gasteiger partial charge in [0.1, 0.15) is 6.61 Å². The van der Waals surface area contributed by atoms with Gasteiger partial charge in [-0.3, -0.25) is 0 Å². The number of esters is 1. The van der Waals surface area contributed by atoms with Crippen LogP contribution in [-0.2, 0) is 16.1 Å². The zero-order valence-corrected chi connectivity index (χ0v) is 9.56. The largest absolute Gasteiger partial charge is 0.459 e. The molecule has 0 fully saturated rings. The van der Waals surface area contributed by atoms with Crippen LogP contribution in [0, 0.1) is 0 Å². The molecule has 0 radical (unpaired) electrons. The van der Waals surface area contributed by atoms with Crippen molar-refractivity contribution in [2.24, 2.45) is 0 Å². The maximum absolute atomic E-state index is 11.3. The van der Waals surface area contributed by atoms with Crippen LogP contribution in [0.5, 0.6) is 0 Å². The molecule has 0 aliphatic heterocycles. The second kappa shape index (κ2) is 7.01. The van der Waals surface area contributed by atoms with Crippen molar-refractivity contribution >= 4 is 5.97 Å². The highest BCUT2D eigenvalue weighted by atomic mass is 16.5. The molecule has 1 aromatic carbocycles. The summed E-state index contributed by atoms with van der Waals surface area (Å²) in [5, 5.41) is 9.45. The number of aliphatic hydroxyl groups excluding tert-OH is 1. The zero-order valence-electron chi connectivity index (χ0n) is 9.56. The van der Waals surface area contributed by atoms with Crippen molar-refractivity contribution in [1.29, 1.82) is 0 Å². The van der Waals surface area contributed by atoms with E-state index < -0.39 is 12.1 Å². The fraction of sp³-hybridized carbons (Fsp3) is 0.462. The first-order valence-corrected chi connectivity index (χ1v) is 5.62. The Labute approximate surface area is 96.1 Å². The Balaban J connectivity index is 2.29. The van der Waals surface area contributed by atoms with Gasteiger partial charge < -0.3 is 9.84 Å². The van der Waals surface area contributed by atoms with Crippen LogP contribution in [-0.4, -0.2) is 17.2 Å². The molecule has 1 aromatic rings. The Kier molecular flexibility index (Phi) is 5.57. The van der Waals surface area contributed by atoms with Crippen LogP contribution in [0.4, 0.5) is 0 Å². The van der Waals surface area contributed by atoms with Crippen molar-refractivity contribution in [1.82, 2.24) is 0 Å². The molecule has 1 N–H and O–H groups in total. The van der Waals surface area contributed by atoms with E-state index in [1.165, 1.54) is 0 Å². The number of carbonyl (C=O) groups is 1. The van der Waals surface area contributed by atoms with Gasteiger partial charge in [-0.2, -0.15) is 0 Å². The van der Waals surface area contributed by atoms with Gasteiger partial charge in [0.25, 0.3) is 0 Å². The third-order valence-electron chi connectivity index (χ3n) is 2.33. The first kappa shape index (κ1) is 12.7. The number of benzene rings is 1. The Morgan fingerprint density at radius 2 is 2.06 bits per heavy atom. The quantitative estimate of drug-likeness (QED) is 0.751. The fourth-order valence-corrected chi connectivity index (χ4v) is 1.34. The van der Waals surface area contributed by atoms with E-state index in [0.29, 0.717) is 6.42 Å². The summed E-state index contributed by atoms with van der Waals surface area (Å²) in [6, 6.07) is 9.44. The summed E-state index contributed by atoms with van der Waals surface area (Å²) in [7, 11) is 0. The van der Waals surface area contributed by atoms with E-state index in [-0.39, 0.29) is 6.61 Å². The molecule has 0 saturated heterocycles.